The lowest BCUT2D eigenvalue weighted by Crippen LogP contribution is -2.33. The molecule has 1 aliphatic rings. The van der Waals surface area contributed by atoms with Crippen LogP contribution >= 0.6 is 0 Å². The van der Waals surface area contributed by atoms with Crippen LogP contribution in [0.3, 0.4) is 0 Å². The van der Waals surface area contributed by atoms with E-state index in [-0.39, 0.29) is 15.9 Å². The molecular weight excluding hydrogens is 172 g/mol. The minimum absolute atomic E-state index is 0.0216. The molecule has 0 spiro atoms. The van der Waals surface area contributed by atoms with Crippen molar-refractivity contribution in [1.82, 2.24) is 0 Å². The summed E-state index contributed by atoms with van der Waals surface area (Å²) in [5, 5.41) is -0.232. The fourth-order valence-corrected chi connectivity index (χ4v) is 3.53. The van der Waals surface area contributed by atoms with E-state index in [9.17, 15) is 8.42 Å². The van der Waals surface area contributed by atoms with E-state index in [2.05, 4.69) is 0 Å². The lowest BCUT2D eigenvalue weighted by molar-refractivity contribution is 0.392. The normalized spacial score (nSPS) is 22.3. The molecule has 1 saturated carbocycles. The lowest BCUT2D eigenvalue weighted by atomic mass is 9.93. The van der Waals surface area contributed by atoms with E-state index in [1.807, 2.05) is 27.7 Å². The van der Waals surface area contributed by atoms with Gasteiger partial charge in [0.1, 0.15) is 0 Å². The van der Waals surface area contributed by atoms with Gasteiger partial charge in [-0.25, -0.2) is 8.42 Å². The Hall–Kier alpha value is -0.0500. The van der Waals surface area contributed by atoms with E-state index < -0.39 is 9.84 Å². The molecular formula is C9H18O2S. The first kappa shape index (κ1) is 10.0. The molecule has 1 rings (SSSR count). The van der Waals surface area contributed by atoms with Crippen molar-refractivity contribution in [2.24, 2.45) is 5.41 Å². The SMILES string of the molecule is CC(C(C)(C)C)S(=O)(=O)C1CC1. The van der Waals surface area contributed by atoms with E-state index in [0.29, 0.717) is 0 Å². The van der Waals surface area contributed by atoms with Crippen LogP contribution in [0.2, 0.25) is 0 Å². The van der Waals surface area contributed by atoms with Gasteiger partial charge in [-0.15, -0.1) is 0 Å². The van der Waals surface area contributed by atoms with Crippen molar-refractivity contribution in [1.29, 1.82) is 0 Å². The maximum atomic E-state index is 11.7. The van der Waals surface area contributed by atoms with Gasteiger partial charge in [0.2, 0.25) is 0 Å². The van der Waals surface area contributed by atoms with Gasteiger partial charge in [-0.05, 0) is 25.2 Å². The third-order valence-electron chi connectivity index (χ3n) is 2.70. The molecule has 2 nitrogen and oxygen atoms in total. The quantitative estimate of drug-likeness (QED) is 0.667. The summed E-state index contributed by atoms with van der Waals surface area (Å²) in [5.41, 5.74) is -0.124. The summed E-state index contributed by atoms with van der Waals surface area (Å²) in [6, 6.07) is 0. The summed E-state index contributed by atoms with van der Waals surface area (Å²) in [6.45, 7) is 7.78. The van der Waals surface area contributed by atoms with Crippen molar-refractivity contribution in [3.8, 4) is 0 Å². The van der Waals surface area contributed by atoms with Crippen LogP contribution in [0.15, 0.2) is 0 Å². The van der Waals surface area contributed by atoms with Crippen LogP contribution in [0.4, 0.5) is 0 Å². The molecule has 3 heteroatoms. The van der Waals surface area contributed by atoms with Crippen LogP contribution in [0.25, 0.3) is 0 Å². The lowest BCUT2D eigenvalue weighted by Gasteiger charge is -2.26. The average Bonchev–Trinajstić information content (AvgIpc) is 2.64. The van der Waals surface area contributed by atoms with Gasteiger partial charge in [-0.2, -0.15) is 0 Å². The average molecular weight is 190 g/mol. The number of hydrogen-bond donors (Lipinski definition) is 0. The molecule has 0 saturated heterocycles. The second-order valence-corrected chi connectivity index (χ2v) is 7.35. The third kappa shape index (κ3) is 1.82. The summed E-state index contributed by atoms with van der Waals surface area (Å²) in [4.78, 5) is 0. The van der Waals surface area contributed by atoms with Crippen molar-refractivity contribution in [3.05, 3.63) is 0 Å². The third-order valence-corrected chi connectivity index (χ3v) is 5.79. The molecule has 0 heterocycles. The maximum Gasteiger partial charge on any atom is 0.156 e. The van der Waals surface area contributed by atoms with Crippen molar-refractivity contribution < 1.29 is 8.42 Å². The van der Waals surface area contributed by atoms with E-state index in [1.165, 1.54) is 0 Å². The zero-order valence-corrected chi connectivity index (χ0v) is 9.11. The van der Waals surface area contributed by atoms with Gasteiger partial charge >= 0.3 is 0 Å². The van der Waals surface area contributed by atoms with Crippen molar-refractivity contribution in [2.75, 3.05) is 0 Å². The Labute approximate surface area is 75.3 Å². The number of hydrogen-bond acceptors (Lipinski definition) is 2. The highest BCUT2D eigenvalue weighted by Crippen LogP contribution is 2.36. The fourth-order valence-electron chi connectivity index (χ4n) is 1.18. The molecule has 0 aromatic heterocycles. The highest BCUT2D eigenvalue weighted by atomic mass is 32.2. The molecule has 0 aromatic rings. The first-order valence-electron chi connectivity index (χ1n) is 4.49. The monoisotopic (exact) mass is 190 g/mol. The summed E-state index contributed by atoms with van der Waals surface area (Å²) >= 11 is 0. The molecule has 12 heavy (non-hydrogen) atoms. The molecule has 0 amide bonds. The van der Waals surface area contributed by atoms with E-state index in [4.69, 9.17) is 0 Å². The molecule has 72 valence electrons. The van der Waals surface area contributed by atoms with Crippen molar-refractivity contribution in [3.63, 3.8) is 0 Å². The maximum absolute atomic E-state index is 11.7. The Balaban J connectivity index is 2.82. The predicted molar refractivity (Wildman–Crippen MR) is 50.9 cm³/mol. The summed E-state index contributed by atoms with van der Waals surface area (Å²) in [5.74, 6) is 0. The first-order chi connectivity index (χ1) is 5.26. The van der Waals surface area contributed by atoms with Gasteiger partial charge in [-0.1, -0.05) is 20.8 Å². The van der Waals surface area contributed by atoms with Crippen molar-refractivity contribution >= 4 is 9.84 Å². The molecule has 0 bridgehead atoms. The van der Waals surface area contributed by atoms with E-state index in [0.717, 1.165) is 12.8 Å². The molecule has 0 aromatic carbocycles. The Morgan fingerprint density at radius 3 is 1.92 bits per heavy atom. The molecule has 0 aliphatic heterocycles. The first-order valence-corrected chi connectivity index (χ1v) is 6.10. The predicted octanol–water partition coefficient (Wildman–Crippen LogP) is 2.00. The van der Waals surface area contributed by atoms with E-state index >= 15 is 0 Å². The second-order valence-electron chi connectivity index (χ2n) is 4.80. The highest BCUT2D eigenvalue weighted by molar-refractivity contribution is 7.92. The van der Waals surface area contributed by atoms with Gasteiger partial charge < -0.3 is 0 Å². The highest BCUT2D eigenvalue weighted by Gasteiger charge is 2.43. The van der Waals surface area contributed by atoms with Crippen LogP contribution in [0.5, 0.6) is 0 Å². The molecule has 1 unspecified atom stereocenters. The Bertz CT molecular complexity index is 255. The van der Waals surface area contributed by atoms with Crippen LogP contribution in [-0.4, -0.2) is 18.9 Å². The fraction of sp³-hybridized carbons (Fsp3) is 1.00. The second kappa shape index (κ2) is 2.72. The summed E-state index contributed by atoms with van der Waals surface area (Å²) in [6.07, 6.45) is 1.76. The standard InChI is InChI=1S/C9H18O2S/c1-7(9(2,3)4)12(10,11)8-5-6-8/h7-8H,5-6H2,1-4H3. The summed E-state index contributed by atoms with van der Waals surface area (Å²) < 4.78 is 23.5. The van der Waals surface area contributed by atoms with Crippen LogP contribution in [0.1, 0.15) is 40.5 Å². The Morgan fingerprint density at radius 2 is 1.67 bits per heavy atom. The minimum atomic E-state index is -2.82. The topological polar surface area (TPSA) is 34.1 Å². The van der Waals surface area contributed by atoms with Gasteiger partial charge in [0.15, 0.2) is 9.84 Å². The smallest absolute Gasteiger partial charge is 0.156 e. The van der Waals surface area contributed by atoms with Crippen LogP contribution < -0.4 is 0 Å². The molecule has 0 N–H and O–H groups in total. The largest absolute Gasteiger partial charge is 0.228 e. The molecule has 0 radical (unpaired) electrons. The molecule has 1 fully saturated rings. The molecule has 1 atom stereocenters. The zero-order chi connectivity index (χ0) is 9.57. The van der Waals surface area contributed by atoms with Gasteiger partial charge in [-0.3, -0.25) is 0 Å². The molecule has 1 aliphatic carbocycles. The van der Waals surface area contributed by atoms with Gasteiger partial charge in [0.05, 0.1) is 10.5 Å². The Kier molecular flexibility index (Phi) is 2.28. The van der Waals surface area contributed by atoms with Gasteiger partial charge in [0, 0.05) is 0 Å². The number of rotatable bonds is 2. The minimum Gasteiger partial charge on any atom is -0.228 e. The van der Waals surface area contributed by atoms with Crippen LogP contribution in [-0.2, 0) is 9.84 Å². The summed E-state index contributed by atoms with van der Waals surface area (Å²) in [7, 11) is -2.82. The van der Waals surface area contributed by atoms with Crippen LogP contribution in [0, 0.1) is 5.41 Å². The van der Waals surface area contributed by atoms with Gasteiger partial charge in [0.25, 0.3) is 0 Å². The number of sulfone groups is 1. The van der Waals surface area contributed by atoms with E-state index in [1.54, 1.807) is 0 Å². The Morgan fingerprint density at radius 1 is 1.25 bits per heavy atom. The van der Waals surface area contributed by atoms with Crippen molar-refractivity contribution in [2.45, 2.75) is 51.0 Å². The zero-order valence-electron chi connectivity index (χ0n) is 8.29.